The second-order valence-corrected chi connectivity index (χ2v) is 3.13. The van der Waals surface area contributed by atoms with Crippen molar-refractivity contribution >= 4 is 17.5 Å². The SMILES string of the molecule is COC(Oc1ccc(CCl)cc1)C(N)=O. The van der Waals surface area contributed by atoms with Crippen LogP contribution in [0.15, 0.2) is 24.3 Å². The molecular formula is C10H12ClNO3. The molecule has 0 saturated carbocycles. The van der Waals surface area contributed by atoms with E-state index in [-0.39, 0.29) is 0 Å². The predicted octanol–water partition coefficient (Wildman–Crippen LogP) is 1.26. The molecule has 5 heteroatoms. The summed E-state index contributed by atoms with van der Waals surface area (Å²) >= 11 is 5.62. The Kier molecular flexibility index (Phi) is 4.39. The maximum atomic E-state index is 10.8. The Morgan fingerprint density at radius 2 is 2.07 bits per heavy atom. The number of carbonyl (C=O) groups excluding carboxylic acids is 1. The summed E-state index contributed by atoms with van der Waals surface area (Å²) in [6.45, 7) is 0. The molecule has 15 heavy (non-hydrogen) atoms. The molecule has 1 unspecified atom stereocenters. The number of amides is 1. The van der Waals surface area contributed by atoms with E-state index in [1.54, 1.807) is 24.3 Å². The van der Waals surface area contributed by atoms with Gasteiger partial charge in [0.1, 0.15) is 5.75 Å². The van der Waals surface area contributed by atoms with E-state index < -0.39 is 12.2 Å². The predicted molar refractivity (Wildman–Crippen MR) is 56.6 cm³/mol. The third kappa shape index (κ3) is 3.42. The zero-order valence-electron chi connectivity index (χ0n) is 8.27. The summed E-state index contributed by atoms with van der Waals surface area (Å²) in [5.41, 5.74) is 6.01. The van der Waals surface area contributed by atoms with Crippen LogP contribution in [-0.4, -0.2) is 19.3 Å². The van der Waals surface area contributed by atoms with E-state index in [4.69, 9.17) is 26.8 Å². The van der Waals surface area contributed by atoms with Crippen LogP contribution in [0.5, 0.6) is 5.75 Å². The van der Waals surface area contributed by atoms with Crippen molar-refractivity contribution in [3.8, 4) is 5.75 Å². The van der Waals surface area contributed by atoms with Crippen LogP contribution >= 0.6 is 11.6 Å². The second kappa shape index (κ2) is 5.58. The topological polar surface area (TPSA) is 61.6 Å². The molecule has 82 valence electrons. The van der Waals surface area contributed by atoms with Gasteiger partial charge in [-0.05, 0) is 17.7 Å². The zero-order valence-corrected chi connectivity index (χ0v) is 9.03. The molecule has 4 nitrogen and oxygen atoms in total. The first kappa shape index (κ1) is 11.8. The van der Waals surface area contributed by atoms with Gasteiger partial charge >= 0.3 is 0 Å². The average Bonchev–Trinajstić information content (AvgIpc) is 2.26. The number of halogens is 1. The lowest BCUT2D eigenvalue weighted by molar-refractivity contribution is -0.144. The van der Waals surface area contributed by atoms with Gasteiger partial charge in [-0.15, -0.1) is 11.6 Å². The molecule has 1 rings (SSSR count). The molecular weight excluding hydrogens is 218 g/mol. The fourth-order valence-corrected chi connectivity index (χ4v) is 1.18. The minimum Gasteiger partial charge on any atom is -0.455 e. The number of benzene rings is 1. The molecule has 0 fully saturated rings. The van der Waals surface area contributed by atoms with Crippen LogP contribution in [0, 0.1) is 0 Å². The Morgan fingerprint density at radius 1 is 1.47 bits per heavy atom. The first-order valence-corrected chi connectivity index (χ1v) is 4.84. The molecule has 2 N–H and O–H groups in total. The molecule has 1 amide bonds. The molecule has 1 atom stereocenters. The molecule has 0 radical (unpaired) electrons. The number of hydrogen-bond acceptors (Lipinski definition) is 3. The van der Waals surface area contributed by atoms with Crippen LogP contribution in [0.25, 0.3) is 0 Å². The Morgan fingerprint density at radius 3 is 2.47 bits per heavy atom. The fraction of sp³-hybridized carbons (Fsp3) is 0.300. The van der Waals surface area contributed by atoms with Crippen molar-refractivity contribution in [3.63, 3.8) is 0 Å². The Bertz CT molecular complexity index is 326. The van der Waals surface area contributed by atoms with E-state index in [9.17, 15) is 4.79 Å². The number of methoxy groups -OCH3 is 1. The van der Waals surface area contributed by atoms with Crippen LogP contribution in [0.2, 0.25) is 0 Å². The molecule has 0 aliphatic carbocycles. The lowest BCUT2D eigenvalue weighted by Crippen LogP contribution is -2.35. The molecule has 0 bridgehead atoms. The van der Waals surface area contributed by atoms with Gasteiger partial charge < -0.3 is 15.2 Å². The lowest BCUT2D eigenvalue weighted by Gasteiger charge is -2.13. The van der Waals surface area contributed by atoms with E-state index >= 15 is 0 Å². The highest BCUT2D eigenvalue weighted by Gasteiger charge is 2.15. The van der Waals surface area contributed by atoms with Gasteiger partial charge in [-0.2, -0.15) is 0 Å². The van der Waals surface area contributed by atoms with Crippen molar-refractivity contribution in [1.29, 1.82) is 0 Å². The summed E-state index contributed by atoms with van der Waals surface area (Å²) in [5.74, 6) is 0.275. The molecule has 0 aromatic heterocycles. The lowest BCUT2D eigenvalue weighted by atomic mass is 10.2. The van der Waals surface area contributed by atoms with Gasteiger partial charge in [-0.1, -0.05) is 12.1 Å². The Hall–Kier alpha value is -1.26. The number of nitrogens with two attached hydrogens (primary N) is 1. The van der Waals surface area contributed by atoms with Crippen molar-refractivity contribution < 1.29 is 14.3 Å². The van der Waals surface area contributed by atoms with Crippen molar-refractivity contribution in [2.75, 3.05) is 7.11 Å². The first-order chi connectivity index (χ1) is 7.17. The van der Waals surface area contributed by atoms with Gasteiger partial charge in [0.25, 0.3) is 12.2 Å². The number of primary amides is 1. The number of carbonyl (C=O) groups is 1. The Labute approximate surface area is 92.9 Å². The molecule has 0 aliphatic rings. The van der Waals surface area contributed by atoms with Gasteiger partial charge in [-0.25, -0.2) is 0 Å². The molecule has 0 saturated heterocycles. The highest BCUT2D eigenvalue weighted by molar-refractivity contribution is 6.17. The monoisotopic (exact) mass is 229 g/mol. The van der Waals surface area contributed by atoms with E-state index in [0.29, 0.717) is 11.6 Å². The van der Waals surface area contributed by atoms with Gasteiger partial charge in [0, 0.05) is 13.0 Å². The quantitative estimate of drug-likeness (QED) is 0.611. The largest absolute Gasteiger partial charge is 0.455 e. The molecule has 0 heterocycles. The summed E-state index contributed by atoms with van der Waals surface area (Å²) in [7, 11) is 1.35. The third-order valence-electron chi connectivity index (χ3n) is 1.77. The molecule has 1 aromatic rings. The molecule has 0 aliphatic heterocycles. The van der Waals surface area contributed by atoms with E-state index in [1.165, 1.54) is 7.11 Å². The number of hydrogen-bond donors (Lipinski definition) is 1. The second-order valence-electron chi connectivity index (χ2n) is 2.87. The molecule has 1 aromatic carbocycles. The van der Waals surface area contributed by atoms with Gasteiger partial charge in [0.05, 0.1) is 0 Å². The first-order valence-electron chi connectivity index (χ1n) is 4.31. The molecule has 0 spiro atoms. The summed E-state index contributed by atoms with van der Waals surface area (Å²) in [6.07, 6.45) is -1.06. The smallest absolute Gasteiger partial charge is 0.287 e. The van der Waals surface area contributed by atoms with Gasteiger partial charge in [0.2, 0.25) is 0 Å². The number of alkyl halides is 1. The maximum Gasteiger partial charge on any atom is 0.287 e. The fourth-order valence-electron chi connectivity index (χ4n) is 1.00. The van der Waals surface area contributed by atoms with Crippen LogP contribution in [0.3, 0.4) is 0 Å². The number of ether oxygens (including phenoxy) is 2. The minimum atomic E-state index is -1.06. The maximum absolute atomic E-state index is 10.8. The summed E-state index contributed by atoms with van der Waals surface area (Å²) in [5, 5.41) is 0. The summed E-state index contributed by atoms with van der Waals surface area (Å²) in [6, 6.07) is 7.01. The van der Waals surface area contributed by atoms with E-state index in [0.717, 1.165) is 5.56 Å². The zero-order chi connectivity index (χ0) is 11.3. The van der Waals surface area contributed by atoms with Crippen LogP contribution in [0.4, 0.5) is 0 Å². The van der Waals surface area contributed by atoms with Crippen molar-refractivity contribution in [1.82, 2.24) is 0 Å². The summed E-state index contributed by atoms with van der Waals surface area (Å²) in [4.78, 5) is 10.8. The Balaban J connectivity index is 2.67. The average molecular weight is 230 g/mol. The van der Waals surface area contributed by atoms with E-state index in [2.05, 4.69) is 0 Å². The minimum absolute atomic E-state index is 0.434. The highest BCUT2D eigenvalue weighted by Crippen LogP contribution is 2.15. The third-order valence-corrected chi connectivity index (χ3v) is 2.08. The van der Waals surface area contributed by atoms with Crippen LogP contribution in [0.1, 0.15) is 5.56 Å². The van der Waals surface area contributed by atoms with Gasteiger partial charge in [0.15, 0.2) is 0 Å². The normalized spacial score (nSPS) is 12.1. The standard InChI is InChI=1S/C10H12ClNO3/c1-14-10(9(12)13)15-8-4-2-7(6-11)3-5-8/h2-5,10H,6H2,1H3,(H2,12,13). The van der Waals surface area contributed by atoms with Crippen molar-refractivity contribution in [3.05, 3.63) is 29.8 Å². The van der Waals surface area contributed by atoms with Crippen LogP contribution < -0.4 is 10.5 Å². The highest BCUT2D eigenvalue weighted by atomic mass is 35.5. The number of rotatable bonds is 5. The van der Waals surface area contributed by atoms with Crippen LogP contribution in [-0.2, 0) is 15.4 Å². The van der Waals surface area contributed by atoms with Gasteiger partial charge in [-0.3, -0.25) is 4.79 Å². The summed E-state index contributed by atoms with van der Waals surface area (Å²) < 4.78 is 9.93. The van der Waals surface area contributed by atoms with E-state index in [1.807, 2.05) is 0 Å². The van der Waals surface area contributed by atoms with Crippen molar-refractivity contribution in [2.45, 2.75) is 12.2 Å². The van der Waals surface area contributed by atoms with Crippen molar-refractivity contribution in [2.24, 2.45) is 5.73 Å².